The van der Waals surface area contributed by atoms with Crippen molar-refractivity contribution in [2.75, 3.05) is 77.7 Å². The van der Waals surface area contributed by atoms with E-state index in [1.165, 1.54) is 0 Å². The van der Waals surface area contributed by atoms with Gasteiger partial charge in [-0.05, 0) is 95.6 Å². The van der Waals surface area contributed by atoms with Gasteiger partial charge in [-0.3, -0.25) is 4.79 Å². The molecule has 6 aromatic rings. The van der Waals surface area contributed by atoms with Gasteiger partial charge in [0, 0.05) is 114 Å². The molecule has 3 aliphatic heterocycles. The van der Waals surface area contributed by atoms with Gasteiger partial charge in [-0.25, -0.2) is 14.8 Å². The maximum Gasteiger partial charge on any atom is 0.336 e. The number of carbonyl (C=O) groups is 2. The van der Waals surface area contributed by atoms with Crippen LogP contribution in [0.25, 0.3) is 11.1 Å². The van der Waals surface area contributed by atoms with Gasteiger partial charge in [-0.1, -0.05) is 76.2 Å². The number of fused-ring (bicyclic) bond motifs is 2. The molecule has 3 aliphatic rings. The predicted molar refractivity (Wildman–Crippen MR) is 252 cm³/mol. The van der Waals surface area contributed by atoms with Crippen molar-refractivity contribution in [2.45, 2.75) is 13.1 Å². The fourth-order valence-electron chi connectivity index (χ4n) is 7.78. The molecule has 0 aliphatic carbocycles. The van der Waals surface area contributed by atoms with E-state index in [0.717, 1.165) is 89.7 Å². The topological polar surface area (TPSA) is 117 Å². The Morgan fingerprint density at radius 3 is 1.76 bits per heavy atom. The van der Waals surface area contributed by atoms with Crippen LogP contribution in [0.2, 0.25) is 25.1 Å². The van der Waals surface area contributed by atoms with Crippen molar-refractivity contribution in [2.24, 2.45) is 0 Å². The van der Waals surface area contributed by atoms with E-state index in [1.807, 2.05) is 65.6 Å². The first-order chi connectivity index (χ1) is 30.0. The van der Waals surface area contributed by atoms with Crippen LogP contribution in [0.15, 0.2) is 109 Å². The zero-order valence-corrected chi connectivity index (χ0v) is 37.1. The summed E-state index contributed by atoms with van der Waals surface area (Å²) in [5, 5.41) is 19.4. The normalized spacial score (nSPS) is 14.5. The van der Waals surface area contributed by atoms with Gasteiger partial charge in [0.05, 0.1) is 22.5 Å². The number of nitrogens with one attached hydrogen (secondary N) is 2. The second-order valence-corrected chi connectivity index (χ2v) is 17.1. The van der Waals surface area contributed by atoms with Crippen molar-refractivity contribution in [3.63, 3.8) is 0 Å². The third kappa shape index (κ3) is 9.93. The third-order valence-electron chi connectivity index (χ3n) is 11.0. The minimum absolute atomic E-state index is 0.00244. The molecule has 4 aromatic carbocycles. The van der Waals surface area contributed by atoms with Crippen molar-refractivity contribution in [3.8, 4) is 11.1 Å². The smallest absolute Gasteiger partial charge is 0.336 e. The number of aromatic nitrogens is 2. The Bertz CT molecular complexity index is 2610. The first kappa shape index (κ1) is 43.2. The number of nitrogens with zero attached hydrogens (tertiary/aromatic N) is 6. The predicted octanol–water partition coefficient (Wildman–Crippen LogP) is 10.6. The van der Waals surface area contributed by atoms with Crippen LogP contribution >= 0.6 is 58.0 Å². The zero-order chi connectivity index (χ0) is 43.3. The number of aromatic carboxylic acids is 1. The molecule has 0 spiro atoms. The molecule has 9 rings (SSSR count). The summed E-state index contributed by atoms with van der Waals surface area (Å²) in [7, 11) is 0. The number of benzene rings is 4. The number of carboxylic acids is 1. The number of piperazine rings is 1. The second kappa shape index (κ2) is 19.3. The lowest BCUT2D eigenvalue weighted by atomic mass is 10.0. The molecule has 2 aromatic heterocycles. The summed E-state index contributed by atoms with van der Waals surface area (Å²) >= 11 is 31.1. The average molecular weight is 931 g/mol. The Hall–Kier alpha value is -5.43. The van der Waals surface area contributed by atoms with Gasteiger partial charge in [0.15, 0.2) is 0 Å². The van der Waals surface area contributed by atoms with Crippen LogP contribution in [0.3, 0.4) is 0 Å². The Kier molecular flexibility index (Phi) is 13.5. The summed E-state index contributed by atoms with van der Waals surface area (Å²) < 4.78 is 0. The highest BCUT2D eigenvalue weighted by Gasteiger charge is 2.26. The van der Waals surface area contributed by atoms with Crippen molar-refractivity contribution in [1.82, 2.24) is 14.9 Å². The number of rotatable bonds is 8. The van der Waals surface area contributed by atoms with Gasteiger partial charge in [0.25, 0.3) is 5.91 Å². The molecule has 16 heteroatoms. The molecule has 11 nitrogen and oxygen atoms in total. The Morgan fingerprint density at radius 1 is 0.613 bits per heavy atom. The summed E-state index contributed by atoms with van der Waals surface area (Å²) in [5.41, 5.74) is 7.01. The van der Waals surface area contributed by atoms with Crippen molar-refractivity contribution >= 4 is 98.6 Å². The van der Waals surface area contributed by atoms with E-state index in [2.05, 4.69) is 35.3 Å². The van der Waals surface area contributed by atoms with E-state index in [9.17, 15) is 14.7 Å². The molecule has 1 fully saturated rings. The average Bonchev–Trinajstić information content (AvgIpc) is 3.29. The highest BCUT2D eigenvalue weighted by atomic mass is 35.5. The van der Waals surface area contributed by atoms with Crippen LogP contribution < -0.4 is 25.3 Å². The standard InChI is InChI=1S/C25H24Cl3N5O.C21H17Cl2N3O2/c26-19-1-4-21(5-2-19)31-9-11-32(12-10-31)25(34)17-14-23-24(30-15-17)29-7-8-33(23)16-18-13-20(27)3-6-22(18)28;22-15-5-6-18(23)14(9-15)12-26-8-7-24-20-19(26)10-13(11-25-20)16-3-1-2-4-17(16)21(27)28/h1-6,13-15H,7-12,16H2,(H,29,30);1-6,9-11H,7-8,12H2,(H,24,25)(H,27,28). The molecule has 0 bridgehead atoms. The summed E-state index contributed by atoms with van der Waals surface area (Å²) in [4.78, 5) is 42.5. The van der Waals surface area contributed by atoms with Crippen LogP contribution in [0.1, 0.15) is 31.8 Å². The number of anilines is 5. The Labute approximate surface area is 384 Å². The summed E-state index contributed by atoms with van der Waals surface area (Å²) in [6.45, 7) is 7.07. The summed E-state index contributed by atoms with van der Waals surface area (Å²) in [6, 6.07) is 29.5. The molecule has 5 heterocycles. The number of halogens is 5. The molecule has 0 unspecified atom stereocenters. The van der Waals surface area contributed by atoms with Gasteiger partial charge >= 0.3 is 5.97 Å². The van der Waals surface area contributed by atoms with Gasteiger partial charge in [0.1, 0.15) is 11.6 Å². The minimum Gasteiger partial charge on any atom is -0.478 e. The van der Waals surface area contributed by atoms with Gasteiger partial charge in [-0.15, -0.1) is 0 Å². The molecule has 1 amide bonds. The van der Waals surface area contributed by atoms with Crippen LogP contribution in [0.4, 0.5) is 28.7 Å². The second-order valence-electron chi connectivity index (χ2n) is 15.0. The van der Waals surface area contributed by atoms with Gasteiger partial charge < -0.3 is 35.3 Å². The largest absolute Gasteiger partial charge is 0.478 e. The van der Waals surface area contributed by atoms with Crippen LogP contribution in [0.5, 0.6) is 0 Å². The fourth-order valence-corrected chi connectivity index (χ4v) is 8.65. The quantitative estimate of drug-likeness (QED) is 0.136. The Balaban J connectivity index is 0.000000174. The van der Waals surface area contributed by atoms with Gasteiger partial charge in [0.2, 0.25) is 0 Å². The van der Waals surface area contributed by atoms with E-state index >= 15 is 0 Å². The lowest BCUT2D eigenvalue weighted by Crippen LogP contribution is -2.48. The number of carbonyl (C=O) groups excluding carboxylic acids is 1. The zero-order valence-electron chi connectivity index (χ0n) is 33.3. The molecule has 0 atom stereocenters. The van der Waals surface area contributed by atoms with E-state index in [0.29, 0.717) is 57.4 Å². The molecule has 318 valence electrons. The van der Waals surface area contributed by atoms with Crippen molar-refractivity contribution in [3.05, 3.63) is 157 Å². The lowest BCUT2D eigenvalue weighted by Gasteiger charge is -2.36. The third-order valence-corrected chi connectivity index (χ3v) is 12.4. The number of hydrogen-bond donors (Lipinski definition) is 3. The summed E-state index contributed by atoms with van der Waals surface area (Å²) in [6.07, 6.45) is 3.36. The highest BCUT2D eigenvalue weighted by Crippen LogP contribution is 2.36. The SMILES string of the molecule is O=C(O)c1ccccc1-c1cnc2c(c1)N(Cc1cc(Cl)ccc1Cl)CCN2.O=C(c1cnc2c(c1)N(Cc1cc(Cl)ccc1Cl)CCN2)N1CCN(c2ccc(Cl)cc2)CC1. The monoisotopic (exact) mass is 928 g/mol. The molecular weight excluding hydrogens is 890 g/mol. The highest BCUT2D eigenvalue weighted by molar-refractivity contribution is 6.34. The van der Waals surface area contributed by atoms with E-state index in [1.54, 1.807) is 48.8 Å². The summed E-state index contributed by atoms with van der Waals surface area (Å²) in [5.74, 6) is 0.570. The number of carboxylic acid groups (broad SMARTS) is 1. The van der Waals surface area contributed by atoms with E-state index < -0.39 is 5.97 Å². The number of hydrogen-bond acceptors (Lipinski definition) is 9. The molecule has 0 saturated carbocycles. The van der Waals surface area contributed by atoms with Crippen LogP contribution in [0, 0.1) is 0 Å². The first-order valence-corrected chi connectivity index (χ1v) is 21.9. The van der Waals surface area contributed by atoms with Gasteiger partial charge in [-0.2, -0.15) is 0 Å². The van der Waals surface area contributed by atoms with E-state index in [4.69, 9.17) is 58.0 Å². The molecule has 3 N–H and O–H groups in total. The minimum atomic E-state index is -0.964. The molecule has 62 heavy (non-hydrogen) atoms. The Morgan fingerprint density at radius 2 is 1.16 bits per heavy atom. The molecule has 0 radical (unpaired) electrons. The van der Waals surface area contributed by atoms with Crippen molar-refractivity contribution < 1.29 is 14.7 Å². The number of pyridine rings is 2. The molecular formula is C46H41Cl5N8O3. The van der Waals surface area contributed by atoms with Crippen LogP contribution in [-0.2, 0) is 13.1 Å². The number of amides is 1. The van der Waals surface area contributed by atoms with Crippen molar-refractivity contribution in [1.29, 1.82) is 0 Å². The van der Waals surface area contributed by atoms with E-state index in [-0.39, 0.29) is 11.5 Å². The maximum atomic E-state index is 13.3. The molecule has 1 saturated heterocycles. The van der Waals surface area contributed by atoms with Crippen LogP contribution in [-0.4, -0.2) is 84.2 Å². The lowest BCUT2D eigenvalue weighted by molar-refractivity contribution is 0.0696. The fraction of sp³-hybridized carbons (Fsp3) is 0.217. The first-order valence-electron chi connectivity index (χ1n) is 20.0. The maximum absolute atomic E-state index is 13.3.